The summed E-state index contributed by atoms with van der Waals surface area (Å²) < 4.78 is 0. The molecule has 0 bridgehead atoms. The number of carbonyl (C=O) groups excluding carboxylic acids is 1. The summed E-state index contributed by atoms with van der Waals surface area (Å²) in [5.41, 5.74) is 8.36. The van der Waals surface area contributed by atoms with Gasteiger partial charge in [-0.05, 0) is 23.3 Å². The lowest BCUT2D eigenvalue weighted by Gasteiger charge is -2.08. The Balaban J connectivity index is 2.03. The van der Waals surface area contributed by atoms with E-state index in [1.165, 1.54) is 0 Å². The summed E-state index contributed by atoms with van der Waals surface area (Å²) in [5.74, 6) is -0.0536. The third-order valence-corrected chi connectivity index (χ3v) is 2.65. The maximum absolute atomic E-state index is 11.9. The summed E-state index contributed by atoms with van der Waals surface area (Å²) in [6, 6.07) is 11.2. The minimum atomic E-state index is -0.0536. The monoisotopic (exact) mass is 241 g/mol. The van der Waals surface area contributed by atoms with Gasteiger partial charge in [0.2, 0.25) is 5.91 Å². The number of anilines is 1. The number of hydrogen-bond acceptors (Lipinski definition) is 3. The highest BCUT2D eigenvalue weighted by Crippen LogP contribution is 2.10. The molecule has 1 aromatic heterocycles. The zero-order valence-electron chi connectivity index (χ0n) is 9.97. The van der Waals surface area contributed by atoms with E-state index in [9.17, 15) is 4.79 Å². The molecule has 0 saturated carbocycles. The first kappa shape index (κ1) is 12.3. The van der Waals surface area contributed by atoms with Crippen molar-refractivity contribution in [3.63, 3.8) is 0 Å². The van der Waals surface area contributed by atoms with Crippen LogP contribution in [0, 0.1) is 0 Å². The number of amides is 1. The molecule has 92 valence electrons. The Labute approximate surface area is 106 Å². The van der Waals surface area contributed by atoms with E-state index in [2.05, 4.69) is 10.3 Å². The molecule has 2 rings (SSSR count). The Kier molecular flexibility index (Phi) is 4.04. The summed E-state index contributed by atoms with van der Waals surface area (Å²) in [6.45, 7) is 0.443. The first-order valence-electron chi connectivity index (χ1n) is 5.76. The maximum Gasteiger partial charge on any atom is 0.228 e. The molecule has 0 radical (unpaired) electrons. The lowest BCUT2D eigenvalue weighted by Crippen LogP contribution is -2.16. The van der Waals surface area contributed by atoms with Gasteiger partial charge in [-0.25, -0.2) is 0 Å². The molecule has 4 heteroatoms. The normalized spacial score (nSPS) is 10.1. The van der Waals surface area contributed by atoms with Crippen LogP contribution < -0.4 is 11.1 Å². The van der Waals surface area contributed by atoms with Crippen molar-refractivity contribution >= 4 is 11.6 Å². The highest BCUT2D eigenvalue weighted by molar-refractivity contribution is 5.92. The van der Waals surface area contributed by atoms with E-state index in [4.69, 9.17) is 5.73 Å². The third-order valence-electron chi connectivity index (χ3n) is 2.65. The van der Waals surface area contributed by atoms with Crippen molar-refractivity contribution in [2.24, 2.45) is 5.73 Å². The van der Waals surface area contributed by atoms with Gasteiger partial charge in [-0.1, -0.05) is 24.3 Å². The number of nitrogens with two attached hydrogens (primary N) is 1. The first-order valence-corrected chi connectivity index (χ1v) is 5.76. The minimum absolute atomic E-state index is 0.0536. The van der Waals surface area contributed by atoms with Gasteiger partial charge in [-0.3, -0.25) is 9.78 Å². The number of carbonyl (C=O) groups is 1. The summed E-state index contributed by atoms with van der Waals surface area (Å²) in [7, 11) is 0. The topological polar surface area (TPSA) is 68.0 Å². The second kappa shape index (κ2) is 5.93. The molecule has 0 fully saturated rings. The molecular formula is C14H15N3O. The molecule has 1 aromatic carbocycles. The quantitative estimate of drug-likeness (QED) is 0.856. The van der Waals surface area contributed by atoms with Gasteiger partial charge in [-0.2, -0.15) is 0 Å². The Hall–Kier alpha value is -2.20. The van der Waals surface area contributed by atoms with Crippen LogP contribution in [0.4, 0.5) is 5.69 Å². The van der Waals surface area contributed by atoms with Crippen LogP contribution in [0.2, 0.25) is 0 Å². The second-order valence-corrected chi connectivity index (χ2v) is 3.93. The smallest absolute Gasteiger partial charge is 0.228 e. The third kappa shape index (κ3) is 3.15. The summed E-state index contributed by atoms with van der Waals surface area (Å²) in [6.07, 6.45) is 3.61. The van der Waals surface area contributed by atoms with E-state index >= 15 is 0 Å². The lowest BCUT2D eigenvalue weighted by atomic mass is 10.0. The van der Waals surface area contributed by atoms with Gasteiger partial charge in [0.25, 0.3) is 0 Å². The van der Waals surface area contributed by atoms with E-state index in [0.29, 0.717) is 13.0 Å². The Morgan fingerprint density at radius 2 is 1.78 bits per heavy atom. The average Bonchev–Trinajstić information content (AvgIpc) is 2.40. The van der Waals surface area contributed by atoms with Crippen LogP contribution >= 0.6 is 0 Å². The largest absolute Gasteiger partial charge is 0.326 e. The molecule has 0 atom stereocenters. The standard InChI is InChI=1S/C14H15N3O/c15-10-12-4-2-1-3-11(12)9-14(18)17-13-5-7-16-8-6-13/h1-8H,9-10,15H2,(H,16,17,18). The van der Waals surface area contributed by atoms with Gasteiger partial charge in [-0.15, -0.1) is 0 Å². The van der Waals surface area contributed by atoms with Crippen molar-refractivity contribution in [3.8, 4) is 0 Å². The van der Waals surface area contributed by atoms with Crippen LogP contribution in [0.25, 0.3) is 0 Å². The van der Waals surface area contributed by atoms with E-state index in [0.717, 1.165) is 16.8 Å². The van der Waals surface area contributed by atoms with Gasteiger partial charge in [0.1, 0.15) is 0 Å². The van der Waals surface area contributed by atoms with E-state index in [1.54, 1.807) is 24.5 Å². The molecule has 2 aromatic rings. The number of nitrogens with zero attached hydrogens (tertiary/aromatic N) is 1. The zero-order valence-corrected chi connectivity index (χ0v) is 9.97. The number of hydrogen-bond donors (Lipinski definition) is 2. The van der Waals surface area contributed by atoms with Crippen molar-refractivity contribution in [1.82, 2.24) is 4.98 Å². The fourth-order valence-corrected chi connectivity index (χ4v) is 1.74. The molecule has 0 aliphatic rings. The highest BCUT2D eigenvalue weighted by atomic mass is 16.1. The van der Waals surface area contributed by atoms with Crippen molar-refractivity contribution in [1.29, 1.82) is 0 Å². The molecule has 0 aliphatic heterocycles. The van der Waals surface area contributed by atoms with Crippen LogP contribution in [-0.4, -0.2) is 10.9 Å². The van der Waals surface area contributed by atoms with Crippen molar-refractivity contribution < 1.29 is 4.79 Å². The van der Waals surface area contributed by atoms with Crippen LogP contribution in [0.3, 0.4) is 0 Å². The maximum atomic E-state index is 11.9. The van der Waals surface area contributed by atoms with Crippen LogP contribution in [0.5, 0.6) is 0 Å². The predicted molar refractivity (Wildman–Crippen MR) is 70.9 cm³/mol. The Morgan fingerprint density at radius 3 is 2.44 bits per heavy atom. The van der Waals surface area contributed by atoms with Gasteiger partial charge < -0.3 is 11.1 Å². The molecule has 3 N–H and O–H groups in total. The number of pyridine rings is 1. The van der Waals surface area contributed by atoms with Gasteiger partial charge in [0.15, 0.2) is 0 Å². The van der Waals surface area contributed by atoms with Gasteiger partial charge in [0.05, 0.1) is 6.42 Å². The van der Waals surface area contributed by atoms with Crippen LogP contribution in [-0.2, 0) is 17.8 Å². The second-order valence-electron chi connectivity index (χ2n) is 3.93. The molecule has 1 heterocycles. The van der Waals surface area contributed by atoms with E-state index in [1.807, 2.05) is 24.3 Å². The molecular weight excluding hydrogens is 226 g/mol. The average molecular weight is 241 g/mol. The van der Waals surface area contributed by atoms with Crippen LogP contribution in [0.15, 0.2) is 48.8 Å². The summed E-state index contributed by atoms with van der Waals surface area (Å²) in [5, 5.41) is 2.82. The van der Waals surface area contributed by atoms with Crippen molar-refractivity contribution in [3.05, 3.63) is 59.9 Å². The molecule has 0 saturated heterocycles. The molecule has 0 unspecified atom stereocenters. The van der Waals surface area contributed by atoms with Crippen LogP contribution in [0.1, 0.15) is 11.1 Å². The number of benzene rings is 1. The first-order chi connectivity index (χ1) is 8.79. The van der Waals surface area contributed by atoms with E-state index < -0.39 is 0 Å². The Bertz CT molecular complexity index is 526. The van der Waals surface area contributed by atoms with E-state index in [-0.39, 0.29) is 5.91 Å². The number of rotatable bonds is 4. The van der Waals surface area contributed by atoms with Crippen molar-refractivity contribution in [2.45, 2.75) is 13.0 Å². The van der Waals surface area contributed by atoms with Gasteiger partial charge >= 0.3 is 0 Å². The summed E-state index contributed by atoms with van der Waals surface area (Å²) in [4.78, 5) is 15.8. The molecule has 18 heavy (non-hydrogen) atoms. The van der Waals surface area contributed by atoms with Gasteiger partial charge in [0, 0.05) is 24.6 Å². The molecule has 1 amide bonds. The molecule has 0 spiro atoms. The predicted octanol–water partition coefficient (Wildman–Crippen LogP) is 1.72. The SMILES string of the molecule is NCc1ccccc1CC(=O)Nc1ccncc1. The minimum Gasteiger partial charge on any atom is -0.326 e. The lowest BCUT2D eigenvalue weighted by molar-refractivity contribution is -0.115. The molecule has 0 aliphatic carbocycles. The van der Waals surface area contributed by atoms with Crippen molar-refractivity contribution in [2.75, 3.05) is 5.32 Å². The number of aromatic nitrogens is 1. The Morgan fingerprint density at radius 1 is 1.11 bits per heavy atom. The zero-order chi connectivity index (χ0) is 12.8. The fourth-order valence-electron chi connectivity index (χ4n) is 1.74. The summed E-state index contributed by atoms with van der Waals surface area (Å²) >= 11 is 0. The number of nitrogens with one attached hydrogen (secondary N) is 1. The molecule has 4 nitrogen and oxygen atoms in total. The highest BCUT2D eigenvalue weighted by Gasteiger charge is 2.06. The fraction of sp³-hybridized carbons (Fsp3) is 0.143.